The molecule has 2 bridgehead atoms. The van der Waals surface area contributed by atoms with Crippen LogP contribution in [0.25, 0.3) is 0 Å². The number of benzene rings is 1. The van der Waals surface area contributed by atoms with Gasteiger partial charge in [0.25, 0.3) is 0 Å². The maximum atomic E-state index is 13.6. The Morgan fingerprint density at radius 1 is 1.05 bits per heavy atom. The van der Waals surface area contributed by atoms with E-state index < -0.39 is 17.5 Å². The van der Waals surface area contributed by atoms with Crippen LogP contribution >= 0.6 is 22.7 Å². The first kappa shape index (κ1) is 25.5. The summed E-state index contributed by atoms with van der Waals surface area (Å²) < 4.78 is 23.3. The van der Waals surface area contributed by atoms with Crippen molar-refractivity contribution in [2.24, 2.45) is 0 Å². The summed E-state index contributed by atoms with van der Waals surface area (Å²) in [5.74, 6) is -0.523. The van der Waals surface area contributed by atoms with Gasteiger partial charge in [0.1, 0.15) is 47.6 Å². The van der Waals surface area contributed by atoms with Crippen molar-refractivity contribution in [3.05, 3.63) is 74.1 Å². The van der Waals surface area contributed by atoms with E-state index in [0.717, 1.165) is 27.1 Å². The lowest BCUT2D eigenvalue weighted by molar-refractivity contribution is -0.938. The van der Waals surface area contributed by atoms with Gasteiger partial charge in [0.2, 0.25) is 5.60 Å². The van der Waals surface area contributed by atoms with Gasteiger partial charge in [-0.25, -0.2) is 9.59 Å². The van der Waals surface area contributed by atoms with Gasteiger partial charge in [-0.15, -0.1) is 22.7 Å². The number of aliphatic hydroxyl groups is 1. The Kier molecular flexibility index (Phi) is 6.35. The maximum absolute atomic E-state index is 13.6. The van der Waals surface area contributed by atoms with E-state index in [2.05, 4.69) is 14.1 Å². The van der Waals surface area contributed by atoms with Gasteiger partial charge in [-0.05, 0) is 41.3 Å². The summed E-state index contributed by atoms with van der Waals surface area (Å²) in [4.78, 5) is 27.5. The molecule has 0 saturated carbocycles. The number of morpholine rings is 1. The van der Waals surface area contributed by atoms with Crippen molar-refractivity contribution in [2.45, 2.75) is 55.4 Å². The van der Waals surface area contributed by atoms with Crippen molar-refractivity contribution in [3.63, 3.8) is 0 Å². The summed E-state index contributed by atoms with van der Waals surface area (Å²) in [6, 6.07) is 14.5. The molecule has 0 radical (unpaired) electrons. The lowest BCUT2D eigenvalue weighted by Gasteiger charge is -2.45. The zero-order valence-electron chi connectivity index (χ0n) is 21.4. The molecule has 1 aromatic carbocycles. The Morgan fingerprint density at radius 3 is 2.39 bits per heavy atom. The van der Waals surface area contributed by atoms with Crippen LogP contribution in [-0.4, -0.2) is 73.1 Å². The SMILES string of the molecule is COc1ccc(COC(=O)c2ccc(C(O)(C(=O)OC3C[C@@H]4[C@H]5O[C@H]5[C@H](C3)[N+]4(C)C)c3cccs3)s2)cc1. The third-order valence-corrected chi connectivity index (χ3v) is 10.3. The Morgan fingerprint density at radius 2 is 1.76 bits per heavy atom. The zero-order valence-corrected chi connectivity index (χ0v) is 23.0. The number of likely N-dealkylation sites (N-methyl/N-ethyl adjacent to an activating group) is 1. The van der Waals surface area contributed by atoms with Crippen LogP contribution in [0, 0.1) is 0 Å². The van der Waals surface area contributed by atoms with Crippen LogP contribution in [0.3, 0.4) is 0 Å². The molecule has 0 amide bonds. The average Bonchev–Trinajstić information content (AvgIpc) is 3.21. The summed E-state index contributed by atoms with van der Waals surface area (Å²) in [6.45, 7) is 0.0951. The summed E-state index contributed by atoms with van der Waals surface area (Å²) in [7, 11) is 6.02. The van der Waals surface area contributed by atoms with Gasteiger partial charge in [0.05, 0.1) is 31.0 Å². The molecule has 3 aliphatic heterocycles. The summed E-state index contributed by atoms with van der Waals surface area (Å²) in [5.41, 5.74) is -1.19. The summed E-state index contributed by atoms with van der Waals surface area (Å²) >= 11 is 2.31. The predicted molar refractivity (Wildman–Crippen MR) is 141 cm³/mol. The van der Waals surface area contributed by atoms with Crippen molar-refractivity contribution < 1.29 is 38.1 Å². The fourth-order valence-electron chi connectivity index (χ4n) is 5.93. The summed E-state index contributed by atoms with van der Waals surface area (Å²) in [6.07, 6.45) is 1.58. The fraction of sp³-hybridized carbons (Fsp3) is 0.429. The molecule has 10 heteroatoms. The zero-order chi connectivity index (χ0) is 26.7. The Labute approximate surface area is 228 Å². The predicted octanol–water partition coefficient (Wildman–Crippen LogP) is 3.71. The third-order valence-electron chi connectivity index (χ3n) is 8.18. The van der Waals surface area contributed by atoms with Crippen LogP contribution in [0.5, 0.6) is 5.75 Å². The standard InChI is InChI=1S/C28H30NO7S2/c1-29(2)19-13-18(14-20(29)25-24(19)36-25)35-27(31)28(32,22-5-4-12-37-22)23-11-10-21(38-23)26(30)34-15-16-6-8-17(33-3)9-7-16/h4-12,18-20,24-25,32H,13-15H2,1-3H3/q+1/t18?,19-,20+,24-,25+,28?. The van der Waals surface area contributed by atoms with Gasteiger partial charge in [0.15, 0.2) is 0 Å². The highest BCUT2D eigenvalue weighted by Crippen LogP contribution is 2.52. The minimum atomic E-state index is -2.01. The number of esters is 2. The molecule has 3 aromatic rings. The highest BCUT2D eigenvalue weighted by molar-refractivity contribution is 7.14. The number of methoxy groups -OCH3 is 1. The number of piperidine rings is 1. The highest BCUT2D eigenvalue weighted by atomic mass is 32.1. The van der Waals surface area contributed by atoms with E-state index in [-0.39, 0.29) is 37.0 Å². The van der Waals surface area contributed by atoms with Crippen LogP contribution < -0.4 is 4.74 Å². The molecule has 0 spiro atoms. The topological polar surface area (TPSA) is 94.6 Å². The van der Waals surface area contributed by atoms with E-state index in [9.17, 15) is 14.7 Å². The van der Waals surface area contributed by atoms with E-state index >= 15 is 0 Å². The molecule has 0 aliphatic carbocycles. The first-order valence-electron chi connectivity index (χ1n) is 12.6. The van der Waals surface area contributed by atoms with Gasteiger partial charge in [0, 0.05) is 12.8 Å². The first-order chi connectivity index (χ1) is 18.2. The lowest BCUT2D eigenvalue weighted by atomic mass is 9.95. The van der Waals surface area contributed by atoms with Gasteiger partial charge >= 0.3 is 11.9 Å². The second-order valence-corrected chi connectivity index (χ2v) is 12.6. The van der Waals surface area contributed by atoms with Gasteiger partial charge < -0.3 is 28.5 Å². The number of quaternary nitrogens is 1. The van der Waals surface area contributed by atoms with E-state index in [1.165, 1.54) is 11.3 Å². The van der Waals surface area contributed by atoms with Crippen LogP contribution in [0.1, 0.15) is 37.8 Å². The van der Waals surface area contributed by atoms with Crippen LogP contribution in [0.15, 0.2) is 53.9 Å². The van der Waals surface area contributed by atoms with Crippen molar-refractivity contribution in [2.75, 3.05) is 21.2 Å². The van der Waals surface area contributed by atoms with Crippen molar-refractivity contribution in [1.29, 1.82) is 0 Å². The highest BCUT2D eigenvalue weighted by Gasteiger charge is 2.71. The quantitative estimate of drug-likeness (QED) is 0.257. The Balaban J connectivity index is 1.18. The molecule has 3 fully saturated rings. The van der Waals surface area contributed by atoms with Crippen molar-refractivity contribution >= 4 is 34.6 Å². The number of fused-ring (bicyclic) bond motifs is 5. The number of hydrogen-bond donors (Lipinski definition) is 1. The molecular formula is C28H30NO7S2+. The van der Waals surface area contributed by atoms with Crippen LogP contribution in [0.4, 0.5) is 0 Å². The second-order valence-electron chi connectivity index (χ2n) is 10.6. The third kappa shape index (κ3) is 4.24. The van der Waals surface area contributed by atoms with Crippen molar-refractivity contribution in [1.82, 2.24) is 0 Å². The normalized spacial score (nSPS) is 28.2. The molecule has 6 rings (SSSR count). The van der Waals surface area contributed by atoms with E-state index in [4.69, 9.17) is 18.9 Å². The monoisotopic (exact) mass is 556 g/mol. The van der Waals surface area contributed by atoms with Gasteiger partial charge in [-0.1, -0.05) is 18.2 Å². The molecular weight excluding hydrogens is 526 g/mol. The molecule has 1 N–H and O–H groups in total. The molecule has 5 heterocycles. The lowest BCUT2D eigenvalue weighted by Crippen LogP contribution is -2.60. The van der Waals surface area contributed by atoms with Crippen LogP contribution in [-0.2, 0) is 31.2 Å². The number of hydrogen-bond acceptors (Lipinski definition) is 9. The number of rotatable bonds is 8. The molecule has 200 valence electrons. The Bertz CT molecular complexity index is 1320. The molecule has 3 saturated heterocycles. The Hall–Kier alpha value is -2.76. The number of carbonyl (C=O) groups excluding carboxylic acids is 2. The minimum absolute atomic E-state index is 0.0951. The first-order valence-corrected chi connectivity index (χ1v) is 14.3. The molecule has 38 heavy (non-hydrogen) atoms. The maximum Gasteiger partial charge on any atom is 0.349 e. The van der Waals surface area contributed by atoms with Crippen LogP contribution in [0.2, 0.25) is 0 Å². The minimum Gasteiger partial charge on any atom is -0.497 e. The molecule has 2 unspecified atom stereocenters. The van der Waals surface area contributed by atoms with E-state index in [0.29, 0.717) is 27.5 Å². The number of nitrogens with zero attached hydrogens (tertiary/aromatic N) is 1. The molecule has 8 nitrogen and oxygen atoms in total. The van der Waals surface area contributed by atoms with Gasteiger partial charge in [-0.3, -0.25) is 0 Å². The number of carbonyl (C=O) groups is 2. The number of ether oxygens (including phenoxy) is 4. The molecule has 2 aromatic heterocycles. The van der Waals surface area contributed by atoms with Gasteiger partial charge in [-0.2, -0.15) is 0 Å². The number of thiophene rings is 2. The van der Waals surface area contributed by atoms with E-state index in [1.807, 2.05) is 12.1 Å². The van der Waals surface area contributed by atoms with E-state index in [1.54, 1.807) is 48.9 Å². The molecule has 6 atom stereocenters. The molecule has 3 aliphatic rings. The number of epoxide rings is 1. The second kappa shape index (κ2) is 9.46. The largest absolute Gasteiger partial charge is 0.497 e. The average molecular weight is 557 g/mol. The fourth-order valence-corrected chi connectivity index (χ4v) is 7.81. The smallest absolute Gasteiger partial charge is 0.349 e. The van der Waals surface area contributed by atoms with Crippen molar-refractivity contribution in [3.8, 4) is 5.75 Å². The summed E-state index contributed by atoms with van der Waals surface area (Å²) in [5, 5.41) is 13.7.